The van der Waals surface area contributed by atoms with E-state index in [1.54, 1.807) is 24.1 Å². The Bertz CT molecular complexity index is 721. The molecular weight excluding hydrogens is 366 g/mol. The van der Waals surface area contributed by atoms with Gasteiger partial charge in [-0.25, -0.2) is 4.99 Å². The number of unbranched alkanes of at least 4 members (excludes halogenated alkanes) is 1. The van der Waals surface area contributed by atoms with Gasteiger partial charge in [-0.1, -0.05) is 33.1 Å². The van der Waals surface area contributed by atoms with Gasteiger partial charge in [0.25, 0.3) is 0 Å². The predicted octanol–water partition coefficient (Wildman–Crippen LogP) is 3.21. The average Bonchev–Trinajstić information content (AvgIpc) is 3.37. The highest BCUT2D eigenvalue weighted by molar-refractivity contribution is 5.79. The third kappa shape index (κ3) is 7.93. The van der Waals surface area contributed by atoms with Crippen molar-refractivity contribution in [3.05, 3.63) is 42.1 Å². The Kier molecular flexibility index (Phi) is 9.25. The first-order valence-electron chi connectivity index (χ1n) is 10.7. The van der Waals surface area contributed by atoms with Crippen molar-refractivity contribution in [2.24, 2.45) is 18.0 Å². The number of guanidine groups is 1. The van der Waals surface area contributed by atoms with E-state index in [1.807, 2.05) is 25.4 Å². The molecule has 0 aliphatic heterocycles. The maximum atomic E-state index is 10.8. The molecule has 7 heteroatoms. The van der Waals surface area contributed by atoms with Gasteiger partial charge in [-0.15, -0.1) is 0 Å². The van der Waals surface area contributed by atoms with E-state index in [2.05, 4.69) is 34.6 Å². The molecule has 2 heterocycles. The lowest BCUT2D eigenvalue weighted by atomic mass is 9.99. The lowest BCUT2D eigenvalue weighted by Gasteiger charge is -2.22. The van der Waals surface area contributed by atoms with Crippen molar-refractivity contribution in [2.45, 2.75) is 58.5 Å². The summed E-state index contributed by atoms with van der Waals surface area (Å²) < 4.78 is 7.09. The van der Waals surface area contributed by atoms with Crippen LogP contribution in [-0.2, 0) is 19.1 Å². The molecule has 0 spiro atoms. The Hall–Kier alpha value is -2.28. The number of rotatable bonds is 12. The highest BCUT2D eigenvalue weighted by Gasteiger charge is 2.24. The van der Waals surface area contributed by atoms with Gasteiger partial charge in [-0.3, -0.25) is 4.68 Å². The third-order valence-electron chi connectivity index (χ3n) is 5.22. The number of furan rings is 1. The predicted molar refractivity (Wildman–Crippen MR) is 117 cm³/mol. The van der Waals surface area contributed by atoms with Gasteiger partial charge in [-0.2, -0.15) is 5.10 Å². The molecule has 0 amide bonds. The maximum Gasteiger partial charge on any atom is 0.191 e. The minimum atomic E-state index is -1.07. The Balaban J connectivity index is 1.98. The van der Waals surface area contributed by atoms with Gasteiger partial charge in [-0.05, 0) is 31.4 Å². The van der Waals surface area contributed by atoms with Crippen LogP contribution >= 0.6 is 0 Å². The lowest BCUT2D eigenvalue weighted by molar-refractivity contribution is 0.0671. The summed E-state index contributed by atoms with van der Waals surface area (Å²) in [5, 5.41) is 21.8. The van der Waals surface area contributed by atoms with Gasteiger partial charge in [0.1, 0.15) is 11.4 Å². The SMILES string of the molecule is CCCCC(CC)CNC(=NCC(C)(O)c1cnn(C)c1)NCCc1ccco1. The molecular formula is C22H37N5O2. The van der Waals surface area contributed by atoms with E-state index in [9.17, 15) is 5.11 Å². The zero-order chi connectivity index (χ0) is 21.1. The molecule has 0 radical (unpaired) electrons. The molecule has 29 heavy (non-hydrogen) atoms. The Morgan fingerprint density at radius 1 is 1.38 bits per heavy atom. The number of nitrogens with one attached hydrogen (secondary N) is 2. The van der Waals surface area contributed by atoms with Gasteiger partial charge in [0.2, 0.25) is 0 Å². The molecule has 3 N–H and O–H groups in total. The number of aryl methyl sites for hydroxylation is 1. The molecule has 0 saturated heterocycles. The summed E-state index contributed by atoms with van der Waals surface area (Å²) in [6.45, 7) is 8.06. The fraction of sp³-hybridized carbons (Fsp3) is 0.636. The van der Waals surface area contributed by atoms with Gasteiger partial charge >= 0.3 is 0 Å². The van der Waals surface area contributed by atoms with Crippen molar-refractivity contribution in [1.82, 2.24) is 20.4 Å². The quantitative estimate of drug-likeness (QED) is 0.374. The topological polar surface area (TPSA) is 87.6 Å². The number of hydrogen-bond acceptors (Lipinski definition) is 4. The van der Waals surface area contributed by atoms with Gasteiger partial charge < -0.3 is 20.2 Å². The molecule has 0 aliphatic rings. The summed E-state index contributed by atoms with van der Waals surface area (Å²) in [4.78, 5) is 4.66. The average molecular weight is 404 g/mol. The van der Waals surface area contributed by atoms with Crippen LogP contribution in [0.3, 0.4) is 0 Å². The van der Waals surface area contributed by atoms with Crippen LogP contribution in [0.2, 0.25) is 0 Å². The van der Waals surface area contributed by atoms with E-state index in [4.69, 9.17) is 4.42 Å². The molecule has 2 rings (SSSR count). The van der Waals surface area contributed by atoms with Gasteiger partial charge in [0.15, 0.2) is 5.96 Å². The first-order chi connectivity index (χ1) is 13.9. The summed E-state index contributed by atoms with van der Waals surface area (Å²) in [6, 6.07) is 3.87. The minimum Gasteiger partial charge on any atom is -0.469 e. The van der Waals surface area contributed by atoms with E-state index < -0.39 is 5.60 Å². The van der Waals surface area contributed by atoms with Crippen molar-refractivity contribution in [2.75, 3.05) is 19.6 Å². The van der Waals surface area contributed by atoms with Gasteiger partial charge in [0, 0.05) is 38.3 Å². The normalized spacial score (nSPS) is 15.1. The van der Waals surface area contributed by atoms with Crippen LogP contribution in [0.15, 0.2) is 40.2 Å². The summed E-state index contributed by atoms with van der Waals surface area (Å²) in [7, 11) is 1.84. The summed E-state index contributed by atoms with van der Waals surface area (Å²) in [5.41, 5.74) is -0.316. The molecule has 0 fully saturated rings. The Morgan fingerprint density at radius 3 is 2.83 bits per heavy atom. The van der Waals surface area contributed by atoms with E-state index in [-0.39, 0.29) is 6.54 Å². The van der Waals surface area contributed by atoms with Crippen molar-refractivity contribution >= 4 is 5.96 Å². The molecule has 0 saturated carbocycles. The van der Waals surface area contributed by atoms with Crippen molar-refractivity contribution in [1.29, 1.82) is 0 Å². The van der Waals surface area contributed by atoms with Crippen LogP contribution in [0.25, 0.3) is 0 Å². The number of aliphatic hydroxyl groups is 1. The summed E-state index contributed by atoms with van der Waals surface area (Å²) in [5.74, 6) is 2.27. The largest absolute Gasteiger partial charge is 0.469 e. The highest BCUT2D eigenvalue weighted by Crippen LogP contribution is 2.20. The van der Waals surface area contributed by atoms with Crippen LogP contribution in [-0.4, -0.2) is 40.5 Å². The fourth-order valence-electron chi connectivity index (χ4n) is 3.14. The Morgan fingerprint density at radius 2 is 2.21 bits per heavy atom. The number of aliphatic imine (C=N–C) groups is 1. The first-order valence-corrected chi connectivity index (χ1v) is 10.7. The highest BCUT2D eigenvalue weighted by atomic mass is 16.3. The smallest absolute Gasteiger partial charge is 0.191 e. The van der Waals surface area contributed by atoms with E-state index in [0.29, 0.717) is 12.5 Å². The Labute approximate surface area is 174 Å². The van der Waals surface area contributed by atoms with Crippen LogP contribution in [0.1, 0.15) is 57.8 Å². The lowest BCUT2D eigenvalue weighted by Crippen LogP contribution is -2.41. The van der Waals surface area contributed by atoms with E-state index in [1.165, 1.54) is 19.3 Å². The molecule has 2 aromatic heterocycles. The van der Waals surface area contributed by atoms with E-state index in [0.717, 1.165) is 36.7 Å². The second-order valence-corrected chi connectivity index (χ2v) is 7.89. The molecule has 162 valence electrons. The number of nitrogens with zero attached hydrogens (tertiary/aromatic N) is 3. The molecule has 2 atom stereocenters. The van der Waals surface area contributed by atoms with Crippen LogP contribution < -0.4 is 10.6 Å². The van der Waals surface area contributed by atoms with Gasteiger partial charge in [0.05, 0.1) is 19.0 Å². The fourth-order valence-corrected chi connectivity index (χ4v) is 3.14. The zero-order valence-corrected chi connectivity index (χ0v) is 18.3. The van der Waals surface area contributed by atoms with Crippen molar-refractivity contribution < 1.29 is 9.52 Å². The first kappa shape index (κ1) is 23.0. The molecule has 2 aromatic rings. The third-order valence-corrected chi connectivity index (χ3v) is 5.22. The van der Waals surface area contributed by atoms with Crippen LogP contribution in [0.5, 0.6) is 0 Å². The monoisotopic (exact) mass is 403 g/mol. The van der Waals surface area contributed by atoms with Crippen LogP contribution in [0, 0.1) is 5.92 Å². The van der Waals surface area contributed by atoms with E-state index >= 15 is 0 Å². The van der Waals surface area contributed by atoms with Crippen molar-refractivity contribution in [3.8, 4) is 0 Å². The standard InChI is InChI=1S/C22H37N5O2/c1-5-7-9-18(6-2)14-24-21(23-12-11-20-10-8-13-29-20)25-17-22(3,28)19-15-26-27(4)16-19/h8,10,13,15-16,18,28H,5-7,9,11-12,14,17H2,1-4H3,(H2,23,24,25). The zero-order valence-electron chi connectivity index (χ0n) is 18.3. The number of hydrogen-bond donors (Lipinski definition) is 3. The van der Waals surface area contributed by atoms with Crippen LogP contribution in [0.4, 0.5) is 0 Å². The molecule has 7 nitrogen and oxygen atoms in total. The molecule has 0 aliphatic carbocycles. The number of aromatic nitrogens is 2. The molecule has 0 aromatic carbocycles. The molecule has 0 bridgehead atoms. The summed E-state index contributed by atoms with van der Waals surface area (Å²) in [6.07, 6.45) is 10.8. The second-order valence-electron chi connectivity index (χ2n) is 7.89. The second kappa shape index (κ2) is 11.7. The minimum absolute atomic E-state index is 0.251. The molecule has 2 unspecified atom stereocenters. The summed E-state index contributed by atoms with van der Waals surface area (Å²) >= 11 is 0. The van der Waals surface area contributed by atoms with Crippen molar-refractivity contribution in [3.63, 3.8) is 0 Å². The maximum absolute atomic E-state index is 10.8.